The van der Waals surface area contributed by atoms with Gasteiger partial charge >= 0.3 is 5.97 Å². The number of carboxylic acids is 1. The molecule has 2 aromatic rings. The molecule has 1 heterocycles. The maximum Gasteiger partial charge on any atom is 0.355 e. The van der Waals surface area contributed by atoms with Crippen LogP contribution in [0.1, 0.15) is 25.9 Å². The highest BCUT2D eigenvalue weighted by Crippen LogP contribution is 2.11. The van der Waals surface area contributed by atoms with Gasteiger partial charge in [-0.15, -0.1) is 11.3 Å². The Morgan fingerprint density at radius 1 is 1.26 bits per heavy atom. The number of benzene rings is 1. The van der Waals surface area contributed by atoms with Crippen molar-refractivity contribution in [3.63, 3.8) is 0 Å². The predicted molar refractivity (Wildman–Crippen MR) is 68.4 cm³/mol. The van der Waals surface area contributed by atoms with E-state index in [1.54, 1.807) is 0 Å². The fraction of sp³-hybridized carbons (Fsp3) is 0.0833. The maximum absolute atomic E-state index is 11.7. The van der Waals surface area contributed by atoms with E-state index in [0.29, 0.717) is 10.6 Å². The number of amides is 1. The van der Waals surface area contributed by atoms with Crippen LogP contribution in [0.15, 0.2) is 29.6 Å². The maximum atomic E-state index is 11.7. The Labute approximate surface area is 112 Å². The lowest BCUT2D eigenvalue weighted by molar-refractivity contribution is 0.0691. The smallest absolute Gasteiger partial charge is 0.355 e. The van der Waals surface area contributed by atoms with E-state index in [4.69, 9.17) is 10.2 Å². The SMILES string of the molecule is O=C(NCc1nc(C(=O)O)cs1)c1ccc(O)cc1. The van der Waals surface area contributed by atoms with E-state index in [1.807, 2.05) is 0 Å². The van der Waals surface area contributed by atoms with Crippen LogP contribution in [0.5, 0.6) is 5.75 Å². The van der Waals surface area contributed by atoms with Gasteiger partial charge in [0.05, 0.1) is 6.54 Å². The van der Waals surface area contributed by atoms with Gasteiger partial charge in [-0.25, -0.2) is 9.78 Å². The number of nitrogens with zero attached hydrogens (tertiary/aromatic N) is 1. The minimum Gasteiger partial charge on any atom is -0.508 e. The van der Waals surface area contributed by atoms with E-state index in [9.17, 15) is 9.59 Å². The molecular formula is C12H10N2O4S. The van der Waals surface area contributed by atoms with Crippen LogP contribution < -0.4 is 5.32 Å². The Balaban J connectivity index is 1.96. The molecule has 1 amide bonds. The number of phenols is 1. The lowest BCUT2D eigenvalue weighted by Gasteiger charge is -2.03. The Hall–Kier alpha value is -2.41. The molecule has 0 aliphatic carbocycles. The summed E-state index contributed by atoms with van der Waals surface area (Å²) in [6.07, 6.45) is 0. The van der Waals surface area contributed by atoms with Gasteiger partial charge in [0.2, 0.25) is 0 Å². The van der Waals surface area contributed by atoms with Crippen LogP contribution in [0.2, 0.25) is 0 Å². The van der Waals surface area contributed by atoms with E-state index in [0.717, 1.165) is 0 Å². The fourth-order valence-electron chi connectivity index (χ4n) is 1.36. The number of hydrogen-bond acceptors (Lipinski definition) is 5. The van der Waals surface area contributed by atoms with Crippen molar-refractivity contribution in [1.82, 2.24) is 10.3 Å². The Bertz CT molecular complexity index is 606. The number of phenolic OH excluding ortho intramolecular Hbond substituents is 1. The molecule has 7 heteroatoms. The quantitative estimate of drug-likeness (QED) is 0.786. The van der Waals surface area contributed by atoms with Crippen molar-refractivity contribution in [2.24, 2.45) is 0 Å². The summed E-state index contributed by atoms with van der Waals surface area (Å²) < 4.78 is 0. The van der Waals surface area contributed by atoms with Crippen molar-refractivity contribution >= 4 is 23.2 Å². The average molecular weight is 278 g/mol. The second-order valence-corrected chi connectivity index (χ2v) is 4.60. The number of hydrogen-bond donors (Lipinski definition) is 3. The van der Waals surface area contributed by atoms with Crippen molar-refractivity contribution in [2.45, 2.75) is 6.54 Å². The lowest BCUT2D eigenvalue weighted by Crippen LogP contribution is -2.22. The number of carbonyl (C=O) groups excluding carboxylic acids is 1. The summed E-state index contributed by atoms with van der Waals surface area (Å²) in [5, 5.41) is 22.4. The van der Waals surface area contributed by atoms with Crippen LogP contribution in [-0.2, 0) is 6.54 Å². The molecule has 2 rings (SSSR count). The standard InChI is InChI=1S/C12H10N2O4S/c15-8-3-1-7(2-4-8)11(16)13-5-10-14-9(6-19-10)12(17)18/h1-4,6,15H,5H2,(H,13,16)(H,17,18). The zero-order valence-corrected chi connectivity index (χ0v) is 10.5. The largest absolute Gasteiger partial charge is 0.508 e. The Morgan fingerprint density at radius 2 is 1.95 bits per heavy atom. The second kappa shape index (κ2) is 5.49. The van der Waals surface area contributed by atoms with E-state index < -0.39 is 5.97 Å². The number of aromatic hydroxyl groups is 1. The number of aromatic carboxylic acids is 1. The molecular weight excluding hydrogens is 268 g/mol. The molecule has 0 saturated heterocycles. The average Bonchev–Trinajstić information content (AvgIpc) is 2.86. The monoisotopic (exact) mass is 278 g/mol. The Kier molecular flexibility index (Phi) is 3.76. The molecule has 0 bridgehead atoms. The van der Waals surface area contributed by atoms with Gasteiger partial charge < -0.3 is 15.5 Å². The summed E-state index contributed by atoms with van der Waals surface area (Å²) in [4.78, 5) is 26.2. The summed E-state index contributed by atoms with van der Waals surface area (Å²) in [6, 6.07) is 5.83. The van der Waals surface area contributed by atoms with Gasteiger partial charge in [0.25, 0.3) is 5.91 Å². The summed E-state index contributed by atoms with van der Waals surface area (Å²) in [5.74, 6) is -1.32. The van der Waals surface area contributed by atoms with Gasteiger partial charge in [0.15, 0.2) is 5.69 Å². The number of carboxylic acid groups (broad SMARTS) is 1. The zero-order valence-electron chi connectivity index (χ0n) is 9.66. The highest BCUT2D eigenvalue weighted by atomic mass is 32.1. The van der Waals surface area contributed by atoms with E-state index in [1.165, 1.54) is 41.0 Å². The molecule has 0 saturated carbocycles. The number of nitrogens with one attached hydrogen (secondary N) is 1. The van der Waals surface area contributed by atoms with E-state index >= 15 is 0 Å². The van der Waals surface area contributed by atoms with Crippen LogP contribution in [0.4, 0.5) is 0 Å². The molecule has 3 N–H and O–H groups in total. The molecule has 98 valence electrons. The first-order valence-corrected chi connectivity index (χ1v) is 6.19. The molecule has 0 aliphatic rings. The molecule has 0 radical (unpaired) electrons. The molecule has 0 aliphatic heterocycles. The van der Waals surface area contributed by atoms with Crippen LogP contribution >= 0.6 is 11.3 Å². The van der Waals surface area contributed by atoms with Gasteiger partial charge in [-0.2, -0.15) is 0 Å². The second-order valence-electron chi connectivity index (χ2n) is 3.66. The van der Waals surface area contributed by atoms with Gasteiger partial charge in [-0.1, -0.05) is 0 Å². The topological polar surface area (TPSA) is 99.5 Å². The zero-order chi connectivity index (χ0) is 13.8. The normalized spacial score (nSPS) is 10.1. The molecule has 1 aromatic heterocycles. The van der Waals surface area contributed by atoms with Gasteiger partial charge in [-0.05, 0) is 24.3 Å². The molecule has 0 atom stereocenters. The number of aromatic nitrogens is 1. The first-order valence-electron chi connectivity index (χ1n) is 5.31. The van der Waals surface area contributed by atoms with Gasteiger partial charge in [0.1, 0.15) is 10.8 Å². The highest BCUT2D eigenvalue weighted by Gasteiger charge is 2.10. The van der Waals surface area contributed by atoms with Gasteiger partial charge in [-0.3, -0.25) is 4.79 Å². The fourth-order valence-corrected chi connectivity index (χ4v) is 2.07. The summed E-state index contributed by atoms with van der Waals surface area (Å²) in [7, 11) is 0. The predicted octanol–water partition coefficient (Wildman–Crippen LogP) is 1.48. The van der Waals surface area contributed by atoms with Crippen molar-refractivity contribution in [3.05, 3.63) is 45.9 Å². The molecule has 1 aromatic carbocycles. The third-order valence-electron chi connectivity index (χ3n) is 2.30. The van der Waals surface area contributed by atoms with Crippen molar-refractivity contribution in [2.75, 3.05) is 0 Å². The Morgan fingerprint density at radius 3 is 2.53 bits per heavy atom. The molecule has 0 fully saturated rings. The first-order chi connectivity index (χ1) is 9.06. The van der Waals surface area contributed by atoms with Crippen molar-refractivity contribution in [3.8, 4) is 5.75 Å². The van der Waals surface area contributed by atoms with Crippen LogP contribution in [-0.4, -0.2) is 27.1 Å². The van der Waals surface area contributed by atoms with E-state index in [2.05, 4.69) is 10.3 Å². The van der Waals surface area contributed by atoms with E-state index in [-0.39, 0.29) is 23.9 Å². The van der Waals surface area contributed by atoms with Crippen LogP contribution in [0, 0.1) is 0 Å². The molecule has 0 spiro atoms. The van der Waals surface area contributed by atoms with Crippen molar-refractivity contribution < 1.29 is 19.8 Å². The molecule has 6 nitrogen and oxygen atoms in total. The summed E-state index contributed by atoms with van der Waals surface area (Å²) >= 11 is 1.17. The molecule has 0 unspecified atom stereocenters. The molecule has 19 heavy (non-hydrogen) atoms. The van der Waals surface area contributed by atoms with Crippen LogP contribution in [0.25, 0.3) is 0 Å². The number of thiazole rings is 1. The minimum atomic E-state index is -1.09. The highest BCUT2D eigenvalue weighted by molar-refractivity contribution is 7.09. The summed E-state index contributed by atoms with van der Waals surface area (Å²) in [5.41, 5.74) is 0.381. The van der Waals surface area contributed by atoms with Crippen LogP contribution in [0.3, 0.4) is 0 Å². The van der Waals surface area contributed by atoms with Gasteiger partial charge in [0, 0.05) is 10.9 Å². The number of rotatable bonds is 4. The third kappa shape index (κ3) is 3.29. The third-order valence-corrected chi connectivity index (χ3v) is 3.15. The number of carbonyl (C=O) groups is 2. The van der Waals surface area contributed by atoms with Crippen molar-refractivity contribution in [1.29, 1.82) is 0 Å². The summed E-state index contributed by atoms with van der Waals surface area (Å²) in [6.45, 7) is 0.164. The minimum absolute atomic E-state index is 0.0288. The first kappa shape index (κ1) is 13.0. The lowest BCUT2D eigenvalue weighted by atomic mass is 10.2.